The van der Waals surface area contributed by atoms with Gasteiger partial charge in [-0.3, -0.25) is 14.3 Å². The number of aromatic nitrogens is 2. The lowest BCUT2D eigenvalue weighted by molar-refractivity contribution is -0.0116. The Hall–Kier alpha value is -0.960. The molecule has 0 aliphatic carbocycles. The normalized spacial score (nSPS) is 22.6. The summed E-state index contributed by atoms with van der Waals surface area (Å²) in [6, 6.07) is 0. The third-order valence-corrected chi connectivity index (χ3v) is 4.43. The van der Waals surface area contributed by atoms with Gasteiger partial charge in [-0.1, -0.05) is 21.6 Å². The highest BCUT2D eigenvalue weighted by Gasteiger charge is 2.29. The first-order chi connectivity index (χ1) is 9.06. The van der Waals surface area contributed by atoms with Crippen molar-refractivity contribution in [3.05, 3.63) is 43.6 Å². The van der Waals surface area contributed by atoms with Crippen molar-refractivity contribution in [2.24, 2.45) is 0 Å². The molecule has 2 N–H and O–H groups in total. The van der Waals surface area contributed by atoms with Crippen LogP contribution in [0.15, 0.2) is 26.8 Å². The molecule has 1 aliphatic rings. The van der Waals surface area contributed by atoms with Gasteiger partial charge in [-0.05, 0) is 19.3 Å². The topological polar surface area (TPSA) is 84.3 Å². The molecule has 0 bridgehead atoms. The average Bonchev–Trinajstić information content (AvgIpc) is 2.77. The minimum absolute atomic E-state index is 0.147. The zero-order chi connectivity index (χ0) is 14.0. The van der Waals surface area contributed by atoms with E-state index < -0.39 is 23.6 Å². The van der Waals surface area contributed by atoms with E-state index in [1.807, 2.05) is 6.26 Å². The molecule has 1 aliphatic heterocycles. The number of nitrogens with one attached hydrogen (secondary N) is 1. The average molecular weight is 302 g/mol. The van der Waals surface area contributed by atoms with Gasteiger partial charge < -0.3 is 9.84 Å². The minimum atomic E-state index is -0.599. The van der Waals surface area contributed by atoms with Crippen molar-refractivity contribution in [3.63, 3.8) is 0 Å². The standard InChI is InChI=1S/C11H14N2O4S2/c1-6-4-13(11(16)12-9(6)15)10-8(19-18-2)3-7(5-14)17-10/h3-4,7,10,14H,5H2,1-2H3,(H,12,15,16)/t7-,10+/m0/s1. The van der Waals surface area contributed by atoms with Crippen molar-refractivity contribution in [1.82, 2.24) is 9.55 Å². The van der Waals surface area contributed by atoms with Crippen molar-refractivity contribution in [1.29, 1.82) is 0 Å². The fraction of sp³-hybridized carbons (Fsp3) is 0.455. The number of rotatable bonds is 4. The summed E-state index contributed by atoms with van der Waals surface area (Å²) in [7, 11) is 2.99. The Labute approximate surface area is 117 Å². The summed E-state index contributed by atoms with van der Waals surface area (Å²) in [5, 5.41) is 9.15. The maximum atomic E-state index is 11.8. The molecule has 0 fully saturated rings. The Morgan fingerprint density at radius 2 is 2.26 bits per heavy atom. The number of aliphatic hydroxyl groups is 1. The van der Waals surface area contributed by atoms with E-state index in [0.29, 0.717) is 5.56 Å². The summed E-state index contributed by atoms with van der Waals surface area (Å²) in [5.74, 6) is 0. The highest BCUT2D eigenvalue weighted by atomic mass is 33.1. The molecule has 0 radical (unpaired) electrons. The van der Waals surface area contributed by atoms with E-state index in [-0.39, 0.29) is 6.61 Å². The first kappa shape index (κ1) is 14.4. The van der Waals surface area contributed by atoms with E-state index >= 15 is 0 Å². The van der Waals surface area contributed by atoms with Gasteiger partial charge in [0.2, 0.25) is 0 Å². The zero-order valence-corrected chi connectivity index (χ0v) is 12.1. The van der Waals surface area contributed by atoms with Crippen molar-refractivity contribution in [2.45, 2.75) is 19.3 Å². The van der Waals surface area contributed by atoms with Crippen molar-refractivity contribution >= 4 is 21.6 Å². The van der Waals surface area contributed by atoms with Crippen LogP contribution in [0.2, 0.25) is 0 Å². The molecule has 104 valence electrons. The van der Waals surface area contributed by atoms with Crippen molar-refractivity contribution in [2.75, 3.05) is 12.9 Å². The number of aliphatic hydroxyl groups excluding tert-OH is 1. The van der Waals surface area contributed by atoms with Crippen LogP contribution in [-0.2, 0) is 4.74 Å². The highest BCUT2D eigenvalue weighted by Crippen LogP contribution is 2.40. The molecule has 0 spiro atoms. The van der Waals surface area contributed by atoms with Crippen LogP contribution in [0.3, 0.4) is 0 Å². The van der Waals surface area contributed by atoms with E-state index in [1.54, 1.807) is 13.0 Å². The van der Waals surface area contributed by atoms with Gasteiger partial charge in [0.25, 0.3) is 5.56 Å². The molecule has 0 aromatic carbocycles. The molecule has 2 heterocycles. The molecule has 6 nitrogen and oxygen atoms in total. The second-order valence-corrected chi connectivity index (χ2v) is 6.48. The molecule has 8 heteroatoms. The van der Waals surface area contributed by atoms with Crippen LogP contribution < -0.4 is 11.2 Å². The van der Waals surface area contributed by atoms with E-state index in [0.717, 1.165) is 4.91 Å². The van der Waals surface area contributed by atoms with Crippen LogP contribution in [-0.4, -0.2) is 33.6 Å². The second-order valence-electron chi connectivity index (χ2n) is 4.01. The molecule has 0 amide bonds. The number of H-pyrrole nitrogens is 1. The Morgan fingerprint density at radius 3 is 2.89 bits per heavy atom. The summed E-state index contributed by atoms with van der Waals surface area (Å²) >= 11 is 0. The molecular formula is C11H14N2O4S2. The van der Waals surface area contributed by atoms with E-state index in [9.17, 15) is 9.59 Å². The fourth-order valence-electron chi connectivity index (χ4n) is 1.76. The minimum Gasteiger partial charge on any atom is -0.393 e. The van der Waals surface area contributed by atoms with Crippen LogP contribution in [0.1, 0.15) is 11.8 Å². The van der Waals surface area contributed by atoms with Gasteiger partial charge in [-0.15, -0.1) is 0 Å². The van der Waals surface area contributed by atoms with Crippen molar-refractivity contribution < 1.29 is 9.84 Å². The predicted octanol–water partition coefficient (Wildman–Crippen LogP) is 0.630. The SMILES string of the molecule is CSSC1=C[C@@H](CO)O[C@H]1n1cc(C)c(=O)[nH]c1=O. The molecule has 19 heavy (non-hydrogen) atoms. The third-order valence-electron chi connectivity index (χ3n) is 2.66. The molecule has 0 saturated carbocycles. The summed E-state index contributed by atoms with van der Waals surface area (Å²) in [4.78, 5) is 26.3. The lowest BCUT2D eigenvalue weighted by Crippen LogP contribution is -2.34. The van der Waals surface area contributed by atoms with Crippen LogP contribution in [0.5, 0.6) is 0 Å². The van der Waals surface area contributed by atoms with Crippen LogP contribution in [0, 0.1) is 6.92 Å². The Bertz CT molecular complexity index is 607. The summed E-state index contributed by atoms with van der Waals surface area (Å²) < 4.78 is 6.94. The molecular weight excluding hydrogens is 288 g/mol. The largest absolute Gasteiger partial charge is 0.393 e. The molecule has 0 saturated heterocycles. The van der Waals surface area contributed by atoms with Crippen LogP contribution >= 0.6 is 21.6 Å². The number of nitrogens with zero attached hydrogens (tertiary/aromatic N) is 1. The Balaban J connectivity index is 2.41. The number of aryl methyl sites for hydroxylation is 1. The molecule has 0 unspecified atom stereocenters. The Morgan fingerprint density at radius 1 is 1.53 bits per heavy atom. The molecule has 2 atom stereocenters. The maximum Gasteiger partial charge on any atom is 0.330 e. The van der Waals surface area contributed by atoms with E-state index in [1.165, 1.54) is 32.4 Å². The third kappa shape index (κ3) is 2.97. The van der Waals surface area contributed by atoms with Gasteiger partial charge >= 0.3 is 5.69 Å². The fourth-order valence-corrected chi connectivity index (χ4v) is 3.40. The number of hydrogen-bond donors (Lipinski definition) is 2. The quantitative estimate of drug-likeness (QED) is 0.794. The smallest absolute Gasteiger partial charge is 0.330 e. The monoisotopic (exact) mass is 302 g/mol. The predicted molar refractivity (Wildman–Crippen MR) is 76.2 cm³/mol. The number of ether oxygens (including phenoxy) is 1. The Kier molecular flexibility index (Phi) is 4.56. The summed E-state index contributed by atoms with van der Waals surface area (Å²) in [5.41, 5.74) is -0.489. The van der Waals surface area contributed by atoms with Gasteiger partial charge in [0, 0.05) is 16.7 Å². The van der Waals surface area contributed by atoms with E-state index in [4.69, 9.17) is 9.84 Å². The number of aromatic amines is 1. The van der Waals surface area contributed by atoms with Crippen molar-refractivity contribution in [3.8, 4) is 0 Å². The zero-order valence-electron chi connectivity index (χ0n) is 10.5. The number of hydrogen-bond acceptors (Lipinski definition) is 6. The van der Waals surface area contributed by atoms with Crippen LogP contribution in [0.4, 0.5) is 0 Å². The lowest BCUT2D eigenvalue weighted by Gasteiger charge is -2.18. The molecule has 1 aromatic heterocycles. The second kappa shape index (κ2) is 6.00. The van der Waals surface area contributed by atoms with Crippen LogP contribution in [0.25, 0.3) is 0 Å². The molecule has 2 rings (SSSR count). The summed E-state index contributed by atoms with van der Waals surface area (Å²) in [6.07, 6.45) is 4.14. The van der Waals surface area contributed by atoms with Gasteiger partial charge in [-0.2, -0.15) is 0 Å². The molecule has 1 aromatic rings. The van der Waals surface area contributed by atoms with Gasteiger partial charge in [0.15, 0.2) is 6.23 Å². The first-order valence-electron chi connectivity index (χ1n) is 5.57. The summed E-state index contributed by atoms with van der Waals surface area (Å²) in [6.45, 7) is 1.48. The van der Waals surface area contributed by atoms with Gasteiger partial charge in [0.05, 0.1) is 6.61 Å². The first-order valence-corrected chi connectivity index (χ1v) is 8.13. The lowest BCUT2D eigenvalue weighted by atomic mass is 10.3. The maximum absolute atomic E-state index is 11.8. The van der Waals surface area contributed by atoms with Gasteiger partial charge in [0.1, 0.15) is 6.10 Å². The van der Waals surface area contributed by atoms with Gasteiger partial charge in [-0.25, -0.2) is 4.79 Å². The highest BCUT2D eigenvalue weighted by molar-refractivity contribution is 8.77. The van der Waals surface area contributed by atoms with E-state index in [2.05, 4.69) is 4.98 Å².